The van der Waals surface area contributed by atoms with Crippen LogP contribution in [0.5, 0.6) is 0 Å². The summed E-state index contributed by atoms with van der Waals surface area (Å²) in [6, 6.07) is 3.65. The molecule has 2 rings (SSSR count). The molecule has 4 N–H and O–H groups in total. The third-order valence-corrected chi connectivity index (χ3v) is 3.22. The van der Waals surface area contributed by atoms with Crippen molar-refractivity contribution < 1.29 is 12.8 Å². The first-order chi connectivity index (χ1) is 8.47. The minimum Gasteiger partial charge on any atom is -0.381 e. The lowest BCUT2D eigenvalue weighted by Crippen LogP contribution is -2.14. The lowest BCUT2D eigenvalue weighted by Gasteiger charge is -2.07. The van der Waals surface area contributed by atoms with Gasteiger partial charge in [-0.2, -0.15) is 5.10 Å². The number of anilines is 1. The van der Waals surface area contributed by atoms with E-state index in [1.54, 1.807) is 12.4 Å². The molecule has 0 atom stereocenters. The first-order valence-corrected chi connectivity index (χ1v) is 6.55. The molecule has 0 saturated heterocycles. The minimum absolute atomic E-state index is 0.437. The summed E-state index contributed by atoms with van der Waals surface area (Å²) < 4.78 is 35.5. The SMILES string of the molecule is NS(=O)(=O)c1cc(NCc2cn[nH]c2)ccc1F. The Morgan fingerprint density at radius 1 is 1.44 bits per heavy atom. The van der Waals surface area contributed by atoms with Gasteiger partial charge >= 0.3 is 0 Å². The summed E-state index contributed by atoms with van der Waals surface area (Å²) in [7, 11) is -4.06. The van der Waals surface area contributed by atoms with Gasteiger partial charge in [0.15, 0.2) is 0 Å². The normalized spacial score (nSPS) is 11.4. The highest BCUT2D eigenvalue weighted by molar-refractivity contribution is 7.89. The van der Waals surface area contributed by atoms with Gasteiger partial charge in [0.1, 0.15) is 10.7 Å². The van der Waals surface area contributed by atoms with Crippen LogP contribution in [0.2, 0.25) is 0 Å². The summed E-state index contributed by atoms with van der Waals surface area (Å²) in [5.74, 6) is -0.869. The highest BCUT2D eigenvalue weighted by atomic mass is 32.2. The second kappa shape index (κ2) is 4.75. The van der Waals surface area contributed by atoms with Gasteiger partial charge in [0.2, 0.25) is 10.0 Å². The Bertz CT molecular complexity index is 640. The number of halogens is 1. The summed E-state index contributed by atoms with van der Waals surface area (Å²) in [4.78, 5) is -0.528. The molecular weight excluding hydrogens is 259 g/mol. The van der Waals surface area contributed by atoms with Crippen molar-refractivity contribution >= 4 is 15.7 Å². The molecule has 0 fully saturated rings. The lowest BCUT2D eigenvalue weighted by atomic mass is 10.3. The van der Waals surface area contributed by atoms with Crippen molar-refractivity contribution in [2.45, 2.75) is 11.4 Å². The average Bonchev–Trinajstić information content (AvgIpc) is 2.79. The maximum Gasteiger partial charge on any atom is 0.241 e. The predicted molar refractivity (Wildman–Crippen MR) is 63.7 cm³/mol. The molecule has 0 spiro atoms. The smallest absolute Gasteiger partial charge is 0.241 e. The van der Waals surface area contributed by atoms with E-state index in [4.69, 9.17) is 5.14 Å². The van der Waals surface area contributed by atoms with E-state index < -0.39 is 20.7 Å². The number of nitrogens with one attached hydrogen (secondary N) is 2. The van der Waals surface area contributed by atoms with Gasteiger partial charge in [-0.15, -0.1) is 0 Å². The first-order valence-electron chi connectivity index (χ1n) is 5.01. The van der Waals surface area contributed by atoms with Crippen LogP contribution >= 0.6 is 0 Å². The zero-order chi connectivity index (χ0) is 13.2. The fourth-order valence-electron chi connectivity index (χ4n) is 1.41. The number of nitrogens with zero attached hydrogens (tertiary/aromatic N) is 1. The van der Waals surface area contributed by atoms with Crippen LogP contribution in [0, 0.1) is 5.82 Å². The summed E-state index contributed by atoms with van der Waals surface area (Å²) in [5, 5.41) is 14.3. The fraction of sp³-hybridized carbons (Fsp3) is 0.100. The molecule has 0 bridgehead atoms. The van der Waals surface area contributed by atoms with Crippen LogP contribution in [0.4, 0.5) is 10.1 Å². The fourth-order valence-corrected chi connectivity index (χ4v) is 2.04. The van der Waals surface area contributed by atoms with E-state index in [0.717, 1.165) is 17.7 Å². The average molecular weight is 270 g/mol. The Labute approximate surface area is 103 Å². The van der Waals surface area contributed by atoms with Gasteiger partial charge in [0, 0.05) is 24.0 Å². The molecule has 0 aliphatic heterocycles. The molecule has 1 aromatic carbocycles. The third kappa shape index (κ3) is 2.84. The van der Waals surface area contributed by atoms with Gasteiger partial charge in [0.05, 0.1) is 6.20 Å². The van der Waals surface area contributed by atoms with Crippen molar-refractivity contribution in [1.82, 2.24) is 10.2 Å². The molecule has 1 aromatic heterocycles. The number of sulfonamides is 1. The van der Waals surface area contributed by atoms with Crippen LogP contribution in [0.1, 0.15) is 5.56 Å². The van der Waals surface area contributed by atoms with Gasteiger partial charge in [-0.1, -0.05) is 0 Å². The molecule has 0 unspecified atom stereocenters. The van der Waals surface area contributed by atoms with Crippen LogP contribution in [0.15, 0.2) is 35.5 Å². The van der Waals surface area contributed by atoms with E-state index in [1.807, 2.05) is 0 Å². The van der Waals surface area contributed by atoms with E-state index >= 15 is 0 Å². The van der Waals surface area contributed by atoms with Gasteiger partial charge in [-0.05, 0) is 18.2 Å². The Morgan fingerprint density at radius 2 is 2.22 bits per heavy atom. The molecule has 1 heterocycles. The number of aromatic amines is 1. The maximum atomic E-state index is 13.3. The highest BCUT2D eigenvalue weighted by Gasteiger charge is 2.14. The van der Waals surface area contributed by atoms with E-state index in [2.05, 4.69) is 15.5 Å². The molecule has 0 aliphatic rings. The highest BCUT2D eigenvalue weighted by Crippen LogP contribution is 2.18. The van der Waals surface area contributed by atoms with Crippen LogP contribution in [0.3, 0.4) is 0 Å². The quantitative estimate of drug-likeness (QED) is 0.765. The molecule has 0 radical (unpaired) electrons. The van der Waals surface area contributed by atoms with Gasteiger partial charge in [-0.3, -0.25) is 5.10 Å². The van der Waals surface area contributed by atoms with Crippen molar-refractivity contribution in [3.8, 4) is 0 Å². The molecule has 0 amide bonds. The first kappa shape index (κ1) is 12.5. The van der Waals surface area contributed by atoms with Crippen LogP contribution in [-0.4, -0.2) is 18.6 Å². The molecule has 8 heteroatoms. The maximum absolute atomic E-state index is 13.3. The summed E-state index contributed by atoms with van der Waals surface area (Å²) in [6.45, 7) is 0.437. The molecule has 18 heavy (non-hydrogen) atoms. The molecular formula is C10H11FN4O2S. The zero-order valence-electron chi connectivity index (χ0n) is 9.22. The van der Waals surface area contributed by atoms with Crippen molar-refractivity contribution in [3.63, 3.8) is 0 Å². The van der Waals surface area contributed by atoms with Crippen molar-refractivity contribution in [3.05, 3.63) is 42.0 Å². The number of aromatic nitrogens is 2. The van der Waals surface area contributed by atoms with Crippen molar-refractivity contribution in [1.29, 1.82) is 0 Å². The minimum atomic E-state index is -4.06. The third-order valence-electron chi connectivity index (χ3n) is 2.29. The van der Waals surface area contributed by atoms with Crippen LogP contribution in [-0.2, 0) is 16.6 Å². The Kier molecular flexibility index (Phi) is 3.30. The van der Waals surface area contributed by atoms with E-state index in [-0.39, 0.29) is 0 Å². The zero-order valence-corrected chi connectivity index (χ0v) is 10.0. The number of hydrogen-bond donors (Lipinski definition) is 3. The molecule has 0 saturated carbocycles. The number of hydrogen-bond acceptors (Lipinski definition) is 4. The summed E-state index contributed by atoms with van der Waals surface area (Å²) in [6.07, 6.45) is 3.31. The van der Waals surface area contributed by atoms with E-state index in [0.29, 0.717) is 12.2 Å². The Morgan fingerprint density at radius 3 is 2.83 bits per heavy atom. The topological polar surface area (TPSA) is 101 Å². The van der Waals surface area contributed by atoms with Crippen molar-refractivity contribution in [2.24, 2.45) is 5.14 Å². The van der Waals surface area contributed by atoms with Crippen molar-refractivity contribution in [2.75, 3.05) is 5.32 Å². The Balaban J connectivity index is 2.20. The number of H-pyrrole nitrogens is 1. The Hall–Kier alpha value is -1.93. The van der Waals surface area contributed by atoms with Crippen LogP contribution < -0.4 is 10.5 Å². The summed E-state index contributed by atoms with van der Waals surface area (Å²) >= 11 is 0. The molecule has 2 aromatic rings. The van der Waals surface area contributed by atoms with E-state index in [1.165, 1.54) is 6.07 Å². The second-order valence-corrected chi connectivity index (χ2v) is 5.18. The summed E-state index contributed by atoms with van der Waals surface area (Å²) in [5.41, 5.74) is 1.35. The molecule has 96 valence electrons. The van der Waals surface area contributed by atoms with Gasteiger partial charge < -0.3 is 5.32 Å². The standard InChI is InChI=1S/C10H11FN4O2S/c11-9-2-1-8(3-10(9)18(12,16)17)13-4-7-5-14-15-6-7/h1-3,5-6,13H,4H2,(H,14,15)(H2,12,16,17). The predicted octanol–water partition coefficient (Wildman–Crippen LogP) is 0.808. The number of primary sulfonamides is 1. The molecule has 6 nitrogen and oxygen atoms in total. The van der Waals surface area contributed by atoms with E-state index in [9.17, 15) is 12.8 Å². The number of benzene rings is 1. The van der Waals surface area contributed by atoms with Crippen LogP contribution in [0.25, 0.3) is 0 Å². The molecule has 0 aliphatic carbocycles. The van der Waals surface area contributed by atoms with Gasteiger partial charge in [0.25, 0.3) is 0 Å². The second-order valence-electron chi connectivity index (χ2n) is 3.65. The van der Waals surface area contributed by atoms with Gasteiger partial charge in [-0.25, -0.2) is 17.9 Å². The number of nitrogens with two attached hydrogens (primary N) is 1. The largest absolute Gasteiger partial charge is 0.381 e. The number of rotatable bonds is 4. The lowest BCUT2D eigenvalue weighted by molar-refractivity contribution is 0.568. The monoisotopic (exact) mass is 270 g/mol.